The molecule has 0 aliphatic carbocycles. The van der Waals surface area contributed by atoms with Crippen LogP contribution in [0.1, 0.15) is 0 Å². The van der Waals surface area contributed by atoms with Crippen molar-refractivity contribution in [3.8, 4) is 0 Å². The fourth-order valence-electron chi connectivity index (χ4n) is 1.28. The first-order chi connectivity index (χ1) is 5.86. The zero-order valence-electron chi connectivity index (χ0n) is 5.83. The summed E-state index contributed by atoms with van der Waals surface area (Å²) in [6, 6.07) is 0. The van der Waals surface area contributed by atoms with E-state index in [-0.39, 0.29) is 0 Å². The predicted octanol–water partition coefficient (Wildman–Crippen LogP) is 4.94. The molecule has 0 spiro atoms. The third-order valence-corrected chi connectivity index (χ3v) is 5.89. The van der Waals surface area contributed by atoms with E-state index in [1.807, 2.05) is 22.7 Å². The molecule has 0 bridgehead atoms. The standard InChI is InChI=1S/C8H3BrS3/c9-5-2-11-8-7(5)4-1-10-3-6(4)12-8/h1-3H. The zero-order valence-corrected chi connectivity index (χ0v) is 9.87. The van der Waals surface area contributed by atoms with Crippen molar-refractivity contribution < 1.29 is 0 Å². The Bertz CT molecular complexity index is 543. The third-order valence-electron chi connectivity index (χ3n) is 1.81. The Balaban J connectivity index is 2.71. The second-order valence-corrected chi connectivity index (χ2v) is 6.29. The minimum Gasteiger partial charge on any atom is -0.150 e. The maximum Gasteiger partial charge on any atom is 0.0889 e. The molecule has 0 aliphatic rings. The minimum atomic E-state index is 1.24. The van der Waals surface area contributed by atoms with Crippen LogP contribution in [-0.2, 0) is 0 Å². The van der Waals surface area contributed by atoms with Gasteiger partial charge in [-0.2, -0.15) is 11.3 Å². The van der Waals surface area contributed by atoms with Crippen LogP contribution in [0.4, 0.5) is 0 Å². The highest BCUT2D eigenvalue weighted by molar-refractivity contribution is 9.10. The Morgan fingerprint density at radius 1 is 1.17 bits per heavy atom. The number of halogens is 1. The topological polar surface area (TPSA) is 0 Å². The monoisotopic (exact) mass is 274 g/mol. The molecule has 0 atom stereocenters. The second-order valence-electron chi connectivity index (χ2n) is 2.50. The van der Waals surface area contributed by atoms with Crippen LogP contribution in [0.3, 0.4) is 0 Å². The van der Waals surface area contributed by atoms with Crippen LogP contribution in [0, 0.1) is 0 Å². The Kier molecular flexibility index (Phi) is 1.59. The quantitative estimate of drug-likeness (QED) is 0.545. The normalized spacial score (nSPS) is 11.8. The van der Waals surface area contributed by atoms with Gasteiger partial charge in [-0.25, -0.2) is 0 Å². The highest BCUT2D eigenvalue weighted by Crippen LogP contribution is 2.43. The van der Waals surface area contributed by atoms with Gasteiger partial charge in [-0.05, 0) is 15.9 Å². The molecule has 60 valence electrons. The first kappa shape index (κ1) is 7.50. The lowest BCUT2D eigenvalue weighted by atomic mass is 10.3. The fourth-order valence-corrected chi connectivity index (χ4v) is 5.43. The van der Waals surface area contributed by atoms with E-state index >= 15 is 0 Å². The summed E-state index contributed by atoms with van der Waals surface area (Å²) in [5, 5.41) is 9.43. The van der Waals surface area contributed by atoms with Gasteiger partial charge in [0.25, 0.3) is 0 Å². The number of hydrogen-bond donors (Lipinski definition) is 0. The van der Waals surface area contributed by atoms with Gasteiger partial charge in [-0.3, -0.25) is 0 Å². The van der Waals surface area contributed by atoms with E-state index in [0.717, 1.165) is 0 Å². The van der Waals surface area contributed by atoms with Crippen molar-refractivity contribution in [2.24, 2.45) is 0 Å². The first-order valence-corrected chi connectivity index (χ1v) is 6.81. The molecule has 0 radical (unpaired) electrons. The fraction of sp³-hybridized carbons (Fsp3) is 0. The molecule has 0 nitrogen and oxygen atoms in total. The van der Waals surface area contributed by atoms with Gasteiger partial charge in [0, 0.05) is 36.1 Å². The van der Waals surface area contributed by atoms with Crippen molar-refractivity contribution >= 4 is 69.4 Å². The molecule has 0 unspecified atom stereocenters. The van der Waals surface area contributed by atoms with Gasteiger partial charge < -0.3 is 0 Å². The summed E-state index contributed by atoms with van der Waals surface area (Å²) < 4.78 is 4.09. The van der Waals surface area contributed by atoms with E-state index in [1.54, 1.807) is 11.3 Å². The van der Waals surface area contributed by atoms with Crippen molar-refractivity contribution in [2.75, 3.05) is 0 Å². The molecule has 3 heterocycles. The maximum atomic E-state index is 3.57. The van der Waals surface area contributed by atoms with Crippen molar-refractivity contribution in [2.45, 2.75) is 0 Å². The Morgan fingerprint density at radius 2 is 2.08 bits per heavy atom. The molecule has 0 aromatic carbocycles. The molecule has 0 saturated heterocycles. The average molecular weight is 275 g/mol. The SMILES string of the molecule is Brc1csc2sc3cscc3c12. The molecule has 3 aromatic rings. The van der Waals surface area contributed by atoms with Crippen LogP contribution >= 0.6 is 49.9 Å². The second kappa shape index (κ2) is 2.54. The van der Waals surface area contributed by atoms with Gasteiger partial charge in [-0.1, -0.05) is 0 Å². The van der Waals surface area contributed by atoms with Gasteiger partial charge in [0.05, 0.1) is 4.01 Å². The molecule has 0 aliphatic heterocycles. The summed E-state index contributed by atoms with van der Waals surface area (Å²) >= 11 is 9.06. The highest BCUT2D eigenvalue weighted by Gasteiger charge is 2.09. The van der Waals surface area contributed by atoms with E-state index in [1.165, 1.54) is 24.0 Å². The highest BCUT2D eigenvalue weighted by atomic mass is 79.9. The van der Waals surface area contributed by atoms with Gasteiger partial charge in [-0.15, -0.1) is 22.7 Å². The molecule has 4 heteroatoms. The van der Waals surface area contributed by atoms with Crippen molar-refractivity contribution in [1.82, 2.24) is 0 Å². The summed E-state index contributed by atoms with van der Waals surface area (Å²) in [6.07, 6.45) is 0. The summed E-state index contributed by atoms with van der Waals surface area (Å²) in [6.45, 7) is 0. The largest absolute Gasteiger partial charge is 0.150 e. The predicted molar refractivity (Wildman–Crippen MR) is 62.8 cm³/mol. The molecule has 3 aromatic heterocycles. The Morgan fingerprint density at radius 3 is 3.00 bits per heavy atom. The lowest BCUT2D eigenvalue weighted by Crippen LogP contribution is -1.52. The summed E-state index contributed by atoms with van der Waals surface area (Å²) in [4.78, 5) is 0. The van der Waals surface area contributed by atoms with Crippen LogP contribution in [0.15, 0.2) is 20.6 Å². The third kappa shape index (κ3) is 0.865. The van der Waals surface area contributed by atoms with E-state index in [0.29, 0.717) is 0 Å². The van der Waals surface area contributed by atoms with Crippen LogP contribution in [0.25, 0.3) is 19.5 Å². The first-order valence-electron chi connectivity index (χ1n) is 3.37. The van der Waals surface area contributed by atoms with Crippen molar-refractivity contribution in [3.63, 3.8) is 0 Å². The van der Waals surface area contributed by atoms with Crippen LogP contribution in [0.2, 0.25) is 0 Å². The molecular weight excluding hydrogens is 272 g/mol. The van der Waals surface area contributed by atoms with Crippen LogP contribution in [0.5, 0.6) is 0 Å². The molecular formula is C8H3BrS3. The number of hydrogen-bond acceptors (Lipinski definition) is 3. The molecule has 12 heavy (non-hydrogen) atoms. The molecule has 0 saturated carbocycles. The molecule has 0 N–H and O–H groups in total. The van der Waals surface area contributed by atoms with E-state index < -0.39 is 0 Å². The van der Waals surface area contributed by atoms with Gasteiger partial charge in [0.1, 0.15) is 0 Å². The van der Waals surface area contributed by atoms with E-state index in [4.69, 9.17) is 0 Å². The van der Waals surface area contributed by atoms with Gasteiger partial charge in [0.15, 0.2) is 0 Å². The summed E-state index contributed by atoms with van der Waals surface area (Å²) in [5.74, 6) is 0. The molecule has 0 fully saturated rings. The Labute approximate surface area is 89.6 Å². The lowest BCUT2D eigenvalue weighted by molar-refractivity contribution is 2.05. The van der Waals surface area contributed by atoms with Gasteiger partial charge in [0.2, 0.25) is 0 Å². The smallest absolute Gasteiger partial charge is 0.0889 e. The maximum absolute atomic E-state index is 3.57. The van der Waals surface area contributed by atoms with Crippen molar-refractivity contribution in [1.29, 1.82) is 0 Å². The lowest BCUT2D eigenvalue weighted by Gasteiger charge is -1.79. The number of fused-ring (bicyclic) bond motifs is 3. The summed E-state index contributed by atoms with van der Waals surface area (Å²) in [7, 11) is 0. The number of thiophene rings is 3. The van der Waals surface area contributed by atoms with Gasteiger partial charge >= 0.3 is 0 Å². The number of rotatable bonds is 0. The molecule has 3 rings (SSSR count). The summed E-state index contributed by atoms with van der Waals surface area (Å²) in [5.41, 5.74) is 0. The van der Waals surface area contributed by atoms with Crippen LogP contribution in [-0.4, -0.2) is 0 Å². The zero-order chi connectivity index (χ0) is 8.13. The average Bonchev–Trinajstić information content (AvgIpc) is 2.61. The van der Waals surface area contributed by atoms with E-state index in [9.17, 15) is 0 Å². The minimum absolute atomic E-state index is 1.24. The van der Waals surface area contributed by atoms with Crippen molar-refractivity contribution in [3.05, 3.63) is 20.6 Å². The molecule has 0 amide bonds. The Hall–Kier alpha value is 0.1000. The van der Waals surface area contributed by atoms with Crippen LogP contribution < -0.4 is 0 Å². The van der Waals surface area contributed by atoms with E-state index in [2.05, 4.69) is 32.1 Å².